The quantitative estimate of drug-likeness (QED) is 0.356. The molecule has 4 rings (SSSR count). The topological polar surface area (TPSA) is 125 Å². The van der Waals surface area contributed by atoms with E-state index in [4.69, 9.17) is 10.2 Å². The third kappa shape index (κ3) is 8.52. The number of aromatic nitrogens is 2. The number of allylic oxidation sites excluding steroid dienone is 1. The minimum absolute atomic E-state index is 0.0184. The van der Waals surface area contributed by atoms with Crippen LogP contribution in [0.3, 0.4) is 0 Å². The van der Waals surface area contributed by atoms with E-state index in [1.165, 1.54) is 0 Å². The average molecular weight is 563 g/mol. The number of anilines is 1. The zero-order valence-electron chi connectivity index (χ0n) is 23.6. The van der Waals surface area contributed by atoms with E-state index in [-0.39, 0.29) is 11.6 Å². The van der Waals surface area contributed by atoms with Gasteiger partial charge in [-0.3, -0.25) is 13.9 Å². The van der Waals surface area contributed by atoms with Crippen LogP contribution in [0.1, 0.15) is 33.1 Å². The maximum atomic E-state index is 13.0. The number of piperidine rings is 1. The van der Waals surface area contributed by atoms with Gasteiger partial charge in [-0.2, -0.15) is 0 Å². The lowest BCUT2D eigenvalue weighted by Gasteiger charge is -2.35. The molecule has 0 saturated carbocycles. The number of carboxylic acids is 2. The normalized spacial score (nSPS) is 14.0. The molecule has 1 saturated heterocycles. The highest BCUT2D eigenvalue weighted by molar-refractivity contribution is 5.93. The van der Waals surface area contributed by atoms with Crippen LogP contribution < -0.4 is 10.6 Å². The monoisotopic (exact) mass is 562 g/mol. The molecule has 1 fully saturated rings. The molecule has 41 heavy (non-hydrogen) atoms. The smallest absolute Gasteiger partial charge is 0.333 e. The Morgan fingerprint density at radius 1 is 0.927 bits per heavy atom. The Bertz CT molecular complexity index is 1430. The van der Waals surface area contributed by atoms with E-state index in [1.807, 2.05) is 77.9 Å². The fourth-order valence-corrected chi connectivity index (χ4v) is 4.98. The molecule has 0 unspecified atom stereocenters. The number of likely N-dealkylation sites (tertiary alicyclic amines) is 1. The number of carbonyl (C=O) groups is 3. The number of amides is 1. The van der Waals surface area contributed by atoms with E-state index in [2.05, 4.69) is 11.5 Å². The molecule has 10 nitrogen and oxygen atoms in total. The van der Waals surface area contributed by atoms with Gasteiger partial charge in [0.05, 0.1) is 11.0 Å². The van der Waals surface area contributed by atoms with Gasteiger partial charge in [0.1, 0.15) is 0 Å². The van der Waals surface area contributed by atoms with E-state index >= 15 is 0 Å². The Hall–Kier alpha value is -4.44. The minimum atomic E-state index is -1.26. The number of aliphatic carboxylic acids is 2. The number of nitrogens with zero attached hydrogens (tertiary/aromatic N) is 4. The Labute approximate surface area is 239 Å². The molecule has 1 aliphatic heterocycles. The van der Waals surface area contributed by atoms with E-state index in [9.17, 15) is 19.2 Å². The highest BCUT2D eigenvalue weighted by Gasteiger charge is 2.24. The predicted octanol–water partition coefficient (Wildman–Crippen LogP) is 4.16. The summed E-state index contributed by atoms with van der Waals surface area (Å²) in [5.41, 5.74) is 3.57. The zero-order valence-corrected chi connectivity index (χ0v) is 23.6. The summed E-state index contributed by atoms with van der Waals surface area (Å²) in [6.45, 7) is 12.0. The fraction of sp³-hybridized carbons (Fsp3) is 0.355. The highest BCUT2D eigenvalue weighted by Crippen LogP contribution is 2.23. The molecule has 0 aliphatic carbocycles. The van der Waals surface area contributed by atoms with Crippen LogP contribution in [-0.2, 0) is 20.9 Å². The molecule has 2 aromatic carbocycles. The molecule has 218 valence electrons. The fourth-order valence-electron chi connectivity index (χ4n) is 4.98. The molecule has 10 heteroatoms. The Balaban J connectivity index is 0.000000507. The van der Waals surface area contributed by atoms with Crippen molar-refractivity contribution in [2.45, 2.75) is 39.7 Å². The van der Waals surface area contributed by atoms with Gasteiger partial charge in [-0.15, -0.1) is 0 Å². The summed E-state index contributed by atoms with van der Waals surface area (Å²) in [7, 11) is 0. The van der Waals surface area contributed by atoms with Crippen LogP contribution in [0.25, 0.3) is 16.7 Å². The van der Waals surface area contributed by atoms with Gasteiger partial charge in [0.15, 0.2) is 0 Å². The zero-order chi connectivity index (χ0) is 29.9. The number of para-hydroxylation sites is 3. The largest absolute Gasteiger partial charge is 0.478 e. The Kier molecular flexibility index (Phi) is 11.2. The second-order valence-electron chi connectivity index (χ2n) is 9.98. The van der Waals surface area contributed by atoms with Gasteiger partial charge >= 0.3 is 17.6 Å². The van der Waals surface area contributed by atoms with Crippen molar-refractivity contribution < 1.29 is 24.6 Å². The van der Waals surface area contributed by atoms with Crippen molar-refractivity contribution in [2.24, 2.45) is 5.92 Å². The van der Waals surface area contributed by atoms with Crippen molar-refractivity contribution in [1.82, 2.24) is 14.0 Å². The van der Waals surface area contributed by atoms with E-state index in [0.29, 0.717) is 31.0 Å². The number of benzene rings is 2. The number of hydrogen-bond donors (Lipinski definition) is 2. The van der Waals surface area contributed by atoms with Crippen LogP contribution in [0.2, 0.25) is 0 Å². The summed E-state index contributed by atoms with van der Waals surface area (Å²) in [4.78, 5) is 49.1. The standard InChI is InChI=1S/C27H34N4O2.C4H4O4/c1-4-26(32)30(23-10-6-5-7-11-23)20-22-14-16-28(17-15-22)18-19-29-24-12-8-9-13-25(24)31(21(2)3)27(29)33;5-3(6)1-2-4(7)8/h5-13,22H,2,4,14-20H2,1,3H3;1-2H,(H,5,6)(H,7,8)/b;2-1+. The van der Waals surface area contributed by atoms with Crippen LogP contribution in [0.5, 0.6) is 0 Å². The van der Waals surface area contributed by atoms with Crippen molar-refractivity contribution in [1.29, 1.82) is 0 Å². The van der Waals surface area contributed by atoms with E-state index in [0.717, 1.165) is 61.4 Å². The molecule has 0 atom stereocenters. The maximum absolute atomic E-state index is 13.0. The summed E-state index contributed by atoms with van der Waals surface area (Å²) in [5, 5.41) is 15.6. The van der Waals surface area contributed by atoms with Crippen molar-refractivity contribution in [2.75, 3.05) is 31.1 Å². The first-order valence-electron chi connectivity index (χ1n) is 13.7. The molecule has 2 heterocycles. The molecule has 0 bridgehead atoms. The summed E-state index contributed by atoms with van der Waals surface area (Å²) >= 11 is 0. The summed E-state index contributed by atoms with van der Waals surface area (Å²) in [5.74, 6) is -1.85. The minimum Gasteiger partial charge on any atom is -0.478 e. The SMILES string of the molecule is C=C(C)n1c(=O)n(CCN2CCC(CN(C(=O)CC)c3ccccc3)CC2)c2ccccc21.O=C(O)/C=C/C(=O)O. The summed E-state index contributed by atoms with van der Waals surface area (Å²) < 4.78 is 3.57. The molecule has 1 aliphatic rings. The number of hydrogen-bond acceptors (Lipinski definition) is 5. The molecule has 0 spiro atoms. The Morgan fingerprint density at radius 2 is 1.49 bits per heavy atom. The van der Waals surface area contributed by atoms with Crippen molar-refractivity contribution >= 4 is 40.3 Å². The molecule has 1 amide bonds. The third-order valence-electron chi connectivity index (χ3n) is 7.04. The van der Waals surface area contributed by atoms with Gasteiger partial charge < -0.3 is 20.0 Å². The Morgan fingerprint density at radius 3 is 2.02 bits per heavy atom. The van der Waals surface area contributed by atoms with E-state index < -0.39 is 11.9 Å². The molecule has 2 N–H and O–H groups in total. The van der Waals surface area contributed by atoms with Crippen LogP contribution in [0, 0.1) is 5.92 Å². The maximum Gasteiger partial charge on any atom is 0.333 e. The summed E-state index contributed by atoms with van der Waals surface area (Å²) in [6, 6.07) is 17.9. The molecule has 3 aromatic rings. The number of imidazole rings is 1. The van der Waals surface area contributed by atoms with Crippen LogP contribution >= 0.6 is 0 Å². The number of carbonyl (C=O) groups excluding carboxylic acids is 1. The number of rotatable bonds is 10. The lowest BCUT2D eigenvalue weighted by atomic mass is 9.95. The van der Waals surface area contributed by atoms with Crippen LogP contribution in [0.15, 0.2) is 78.1 Å². The van der Waals surface area contributed by atoms with Gasteiger partial charge in [0, 0.05) is 49.6 Å². The molecular weight excluding hydrogens is 524 g/mol. The van der Waals surface area contributed by atoms with Gasteiger partial charge in [-0.1, -0.05) is 43.8 Å². The van der Waals surface area contributed by atoms with Crippen molar-refractivity contribution in [3.8, 4) is 0 Å². The van der Waals surface area contributed by atoms with Crippen LogP contribution in [0.4, 0.5) is 5.69 Å². The third-order valence-corrected chi connectivity index (χ3v) is 7.04. The van der Waals surface area contributed by atoms with E-state index in [1.54, 1.807) is 4.57 Å². The van der Waals surface area contributed by atoms with Crippen molar-refractivity contribution in [3.05, 3.63) is 83.8 Å². The van der Waals surface area contributed by atoms with Gasteiger partial charge in [0.25, 0.3) is 0 Å². The number of fused-ring (bicyclic) bond motifs is 1. The second kappa shape index (κ2) is 14.8. The van der Waals surface area contributed by atoms with Crippen LogP contribution in [-0.4, -0.2) is 68.3 Å². The molecule has 1 aromatic heterocycles. The highest BCUT2D eigenvalue weighted by atomic mass is 16.4. The van der Waals surface area contributed by atoms with Gasteiger partial charge in [-0.05, 0) is 63.0 Å². The average Bonchev–Trinajstić information content (AvgIpc) is 3.25. The molecular formula is C31H38N4O6. The first-order chi connectivity index (χ1) is 19.6. The first-order valence-corrected chi connectivity index (χ1v) is 13.7. The summed E-state index contributed by atoms with van der Waals surface area (Å²) in [6.07, 6.45) is 3.75. The van der Waals surface area contributed by atoms with Crippen molar-refractivity contribution in [3.63, 3.8) is 0 Å². The lowest BCUT2D eigenvalue weighted by Crippen LogP contribution is -2.42. The number of carboxylic acid groups (broad SMARTS) is 2. The lowest BCUT2D eigenvalue weighted by molar-refractivity contribution is -0.134. The molecule has 0 radical (unpaired) electrons. The first kappa shape index (κ1) is 31.1. The second-order valence-corrected chi connectivity index (χ2v) is 9.98. The predicted molar refractivity (Wildman–Crippen MR) is 160 cm³/mol. The van der Waals surface area contributed by atoms with Gasteiger partial charge in [-0.25, -0.2) is 14.4 Å². The van der Waals surface area contributed by atoms with Gasteiger partial charge in [0.2, 0.25) is 5.91 Å².